The summed E-state index contributed by atoms with van der Waals surface area (Å²) in [5, 5.41) is 10.8. The SMILES string of the molecule is Clc1ccc(-n2ncc3c2ncn2nc(C4CCCCC4)nc32)cc1. The lowest BCUT2D eigenvalue weighted by Crippen LogP contribution is -2.06. The van der Waals surface area contributed by atoms with Crippen molar-refractivity contribution in [2.24, 2.45) is 0 Å². The summed E-state index contributed by atoms with van der Waals surface area (Å²) in [4.78, 5) is 9.38. The van der Waals surface area contributed by atoms with Gasteiger partial charge < -0.3 is 0 Å². The highest BCUT2D eigenvalue weighted by atomic mass is 35.5. The second-order valence-electron chi connectivity index (χ2n) is 6.59. The fraction of sp³-hybridized carbons (Fsp3) is 0.333. The van der Waals surface area contributed by atoms with E-state index in [-0.39, 0.29) is 0 Å². The van der Waals surface area contributed by atoms with Crippen molar-refractivity contribution >= 4 is 28.3 Å². The Morgan fingerprint density at radius 1 is 1.00 bits per heavy atom. The molecule has 0 radical (unpaired) electrons. The van der Waals surface area contributed by atoms with E-state index >= 15 is 0 Å². The highest BCUT2D eigenvalue weighted by Crippen LogP contribution is 2.31. The van der Waals surface area contributed by atoms with Crippen molar-refractivity contribution in [1.29, 1.82) is 0 Å². The molecule has 0 saturated heterocycles. The molecule has 3 heterocycles. The van der Waals surface area contributed by atoms with Crippen molar-refractivity contribution in [3.63, 3.8) is 0 Å². The van der Waals surface area contributed by atoms with E-state index in [1.54, 1.807) is 15.5 Å². The molecule has 1 fully saturated rings. The molecular formula is C18H17ClN6. The van der Waals surface area contributed by atoms with E-state index in [1.165, 1.54) is 32.1 Å². The standard InChI is InChI=1S/C18H17ClN6/c19-13-6-8-14(9-7-13)25-17-15(10-21-25)18-22-16(23-24(18)11-20-17)12-4-2-1-3-5-12/h6-12H,1-5H2. The zero-order valence-electron chi connectivity index (χ0n) is 13.6. The van der Waals surface area contributed by atoms with Crippen LogP contribution in [0.1, 0.15) is 43.8 Å². The Morgan fingerprint density at radius 3 is 2.60 bits per heavy atom. The van der Waals surface area contributed by atoms with Crippen LogP contribution in [0.25, 0.3) is 22.4 Å². The summed E-state index contributed by atoms with van der Waals surface area (Å²) in [6.07, 6.45) is 9.75. The Balaban J connectivity index is 1.63. The first kappa shape index (κ1) is 14.8. The van der Waals surface area contributed by atoms with Crippen molar-refractivity contribution in [2.45, 2.75) is 38.0 Å². The maximum Gasteiger partial charge on any atom is 0.170 e. The van der Waals surface area contributed by atoms with Crippen LogP contribution in [-0.4, -0.2) is 29.4 Å². The number of rotatable bonds is 2. The smallest absolute Gasteiger partial charge is 0.170 e. The van der Waals surface area contributed by atoms with Crippen LogP contribution in [0.3, 0.4) is 0 Å². The van der Waals surface area contributed by atoms with Crippen LogP contribution in [-0.2, 0) is 0 Å². The van der Waals surface area contributed by atoms with Gasteiger partial charge in [0.1, 0.15) is 6.33 Å². The highest BCUT2D eigenvalue weighted by Gasteiger charge is 2.21. The van der Waals surface area contributed by atoms with Gasteiger partial charge >= 0.3 is 0 Å². The van der Waals surface area contributed by atoms with Crippen molar-refractivity contribution in [2.75, 3.05) is 0 Å². The molecule has 1 saturated carbocycles. The summed E-state index contributed by atoms with van der Waals surface area (Å²) in [5.41, 5.74) is 2.52. The Kier molecular flexibility index (Phi) is 3.45. The summed E-state index contributed by atoms with van der Waals surface area (Å²) in [6.45, 7) is 0. The molecule has 1 aliphatic rings. The molecule has 126 valence electrons. The first-order valence-corrected chi connectivity index (χ1v) is 9.02. The summed E-state index contributed by atoms with van der Waals surface area (Å²) in [7, 11) is 0. The zero-order chi connectivity index (χ0) is 16.8. The van der Waals surface area contributed by atoms with Gasteiger partial charge in [-0.25, -0.2) is 19.2 Å². The molecule has 0 N–H and O–H groups in total. The lowest BCUT2D eigenvalue weighted by molar-refractivity contribution is 0.429. The molecule has 6 nitrogen and oxygen atoms in total. The average molecular weight is 353 g/mol. The fourth-order valence-electron chi connectivity index (χ4n) is 3.64. The lowest BCUT2D eigenvalue weighted by atomic mass is 9.89. The first-order valence-electron chi connectivity index (χ1n) is 8.64. The zero-order valence-corrected chi connectivity index (χ0v) is 14.4. The summed E-state index contributed by atoms with van der Waals surface area (Å²) >= 11 is 5.98. The molecule has 0 unspecified atom stereocenters. The third-order valence-corrected chi connectivity index (χ3v) is 5.22. The molecule has 0 bridgehead atoms. The number of benzene rings is 1. The predicted molar refractivity (Wildman–Crippen MR) is 96.2 cm³/mol. The van der Waals surface area contributed by atoms with Gasteiger partial charge in [0.15, 0.2) is 17.1 Å². The second kappa shape index (κ2) is 5.81. The molecule has 0 amide bonds. The van der Waals surface area contributed by atoms with Crippen molar-refractivity contribution < 1.29 is 0 Å². The Labute approximate surface area is 149 Å². The van der Waals surface area contributed by atoms with Crippen LogP contribution in [0, 0.1) is 0 Å². The highest BCUT2D eigenvalue weighted by molar-refractivity contribution is 6.30. The van der Waals surface area contributed by atoms with Gasteiger partial charge in [-0.3, -0.25) is 0 Å². The lowest BCUT2D eigenvalue weighted by Gasteiger charge is -2.17. The van der Waals surface area contributed by atoms with Gasteiger partial charge in [0.05, 0.1) is 17.3 Å². The largest absolute Gasteiger partial charge is 0.216 e. The molecule has 7 heteroatoms. The van der Waals surface area contributed by atoms with Crippen molar-refractivity contribution in [3.8, 4) is 5.69 Å². The first-order chi connectivity index (χ1) is 12.3. The van der Waals surface area contributed by atoms with E-state index in [4.69, 9.17) is 16.6 Å². The minimum atomic E-state index is 0.468. The Morgan fingerprint density at radius 2 is 1.80 bits per heavy atom. The summed E-state index contributed by atoms with van der Waals surface area (Å²) < 4.78 is 3.58. The average Bonchev–Trinajstić information content (AvgIpc) is 3.27. The van der Waals surface area contributed by atoms with Gasteiger partial charge in [-0.2, -0.15) is 5.10 Å². The molecular weight excluding hydrogens is 336 g/mol. The molecule has 0 spiro atoms. The van der Waals surface area contributed by atoms with Crippen LogP contribution < -0.4 is 0 Å². The second-order valence-corrected chi connectivity index (χ2v) is 7.02. The van der Waals surface area contributed by atoms with Gasteiger partial charge in [-0.15, -0.1) is 5.10 Å². The van der Waals surface area contributed by atoms with E-state index in [1.807, 2.05) is 30.5 Å². The van der Waals surface area contributed by atoms with E-state index in [9.17, 15) is 0 Å². The maximum absolute atomic E-state index is 5.98. The molecule has 1 aliphatic carbocycles. The van der Waals surface area contributed by atoms with Gasteiger partial charge in [-0.05, 0) is 37.1 Å². The van der Waals surface area contributed by atoms with Crippen LogP contribution in [0.5, 0.6) is 0 Å². The van der Waals surface area contributed by atoms with Crippen LogP contribution >= 0.6 is 11.6 Å². The van der Waals surface area contributed by atoms with Gasteiger partial charge in [0.25, 0.3) is 0 Å². The van der Waals surface area contributed by atoms with Gasteiger partial charge in [-0.1, -0.05) is 30.9 Å². The Hall–Kier alpha value is -2.47. The van der Waals surface area contributed by atoms with E-state index < -0.39 is 0 Å². The van der Waals surface area contributed by atoms with Gasteiger partial charge in [0, 0.05) is 10.9 Å². The molecule has 25 heavy (non-hydrogen) atoms. The summed E-state index contributed by atoms with van der Waals surface area (Å²) in [5.74, 6) is 1.41. The fourth-order valence-corrected chi connectivity index (χ4v) is 3.77. The third kappa shape index (κ3) is 2.48. The molecule has 4 aromatic rings. The molecule has 0 atom stereocenters. The van der Waals surface area contributed by atoms with Crippen LogP contribution in [0.4, 0.5) is 0 Å². The number of hydrogen-bond acceptors (Lipinski definition) is 4. The number of fused-ring (bicyclic) bond motifs is 3. The summed E-state index contributed by atoms with van der Waals surface area (Å²) in [6, 6.07) is 7.55. The normalized spacial score (nSPS) is 16.0. The topological polar surface area (TPSA) is 60.9 Å². The van der Waals surface area contributed by atoms with Crippen molar-refractivity contribution in [3.05, 3.63) is 47.6 Å². The minimum absolute atomic E-state index is 0.468. The quantitative estimate of drug-likeness (QED) is 0.543. The molecule has 0 aliphatic heterocycles. The number of nitrogens with zero attached hydrogens (tertiary/aromatic N) is 6. The number of hydrogen-bond donors (Lipinski definition) is 0. The maximum atomic E-state index is 5.98. The molecule has 1 aromatic carbocycles. The van der Waals surface area contributed by atoms with Crippen molar-refractivity contribution in [1.82, 2.24) is 29.4 Å². The predicted octanol–water partition coefficient (Wildman–Crippen LogP) is 4.16. The van der Waals surface area contributed by atoms with E-state index in [2.05, 4.69) is 15.2 Å². The van der Waals surface area contributed by atoms with E-state index in [0.29, 0.717) is 10.9 Å². The Bertz CT molecular complexity index is 1040. The number of halogens is 1. The van der Waals surface area contributed by atoms with E-state index in [0.717, 1.165) is 28.2 Å². The molecule has 3 aromatic heterocycles. The van der Waals surface area contributed by atoms with Gasteiger partial charge in [0.2, 0.25) is 0 Å². The third-order valence-electron chi connectivity index (χ3n) is 4.96. The monoisotopic (exact) mass is 352 g/mol. The van der Waals surface area contributed by atoms with Crippen LogP contribution in [0.15, 0.2) is 36.8 Å². The number of aromatic nitrogens is 6. The van der Waals surface area contributed by atoms with Crippen LogP contribution in [0.2, 0.25) is 5.02 Å². The molecule has 5 rings (SSSR count). The minimum Gasteiger partial charge on any atom is -0.216 e.